The molecule has 5 N–H and O–H groups in total. The van der Waals surface area contributed by atoms with Crippen molar-refractivity contribution in [2.45, 2.75) is 93.0 Å². The maximum Gasteiger partial charge on any atom is 0.105 e. The van der Waals surface area contributed by atoms with Gasteiger partial charge in [0.15, 0.2) is 0 Å². The Kier molecular flexibility index (Phi) is 5.19. The summed E-state index contributed by atoms with van der Waals surface area (Å²) in [5, 5.41) is 36.5. The van der Waals surface area contributed by atoms with E-state index in [0.717, 1.165) is 60.7 Å². The summed E-state index contributed by atoms with van der Waals surface area (Å²) in [6, 6.07) is 8.51. The molecular formula is C32H39N3O4. The van der Waals surface area contributed by atoms with E-state index in [1.165, 1.54) is 5.56 Å². The average molecular weight is 530 g/mol. The van der Waals surface area contributed by atoms with Crippen molar-refractivity contribution in [3.63, 3.8) is 0 Å². The number of aromatic nitrogens is 1. The van der Waals surface area contributed by atoms with Gasteiger partial charge in [-0.3, -0.25) is 9.88 Å². The molecule has 3 aliphatic carbocycles. The molecule has 8 rings (SSSR count). The average Bonchev–Trinajstić information content (AvgIpc) is 3.58. The Morgan fingerprint density at radius 1 is 1.13 bits per heavy atom. The van der Waals surface area contributed by atoms with Crippen molar-refractivity contribution in [2.75, 3.05) is 13.1 Å². The van der Waals surface area contributed by atoms with Crippen LogP contribution in [-0.4, -0.2) is 79.9 Å². The lowest BCUT2D eigenvalue weighted by Crippen LogP contribution is -2.62. The zero-order valence-corrected chi connectivity index (χ0v) is 22.5. The van der Waals surface area contributed by atoms with Gasteiger partial charge in [0.1, 0.15) is 6.10 Å². The standard InChI is InChI=1S/C32H39N3O4/c1-30-7-4-21-13-23-28(37)29(38)24(35-11-6-22(33)17-35)15-31(23)8-9-32(21,39-31)26(30)14-25(36)27(30)19-3-2-18-5-10-34-16-20(18)12-19/h2-5,10,12-13,16,22,24-29,36-38H,6-9,11,14-15,17,33H2,1H3/t22-,24+,25-,26-,27?,28+,29-,30+,31-,32?/m1/s1. The number of allylic oxidation sites excluding steroid dienone is 1. The maximum absolute atomic E-state index is 11.6. The minimum absolute atomic E-state index is 0.00223. The second-order valence-corrected chi connectivity index (χ2v) is 13.5. The molecule has 1 aromatic carbocycles. The number of pyridine rings is 1. The molecule has 4 heterocycles. The summed E-state index contributed by atoms with van der Waals surface area (Å²) in [7, 11) is 0. The molecule has 7 nitrogen and oxygen atoms in total. The van der Waals surface area contributed by atoms with Crippen LogP contribution in [0.5, 0.6) is 0 Å². The van der Waals surface area contributed by atoms with Crippen molar-refractivity contribution in [2.24, 2.45) is 17.1 Å². The first-order valence-corrected chi connectivity index (χ1v) is 14.7. The molecule has 2 aromatic rings. The van der Waals surface area contributed by atoms with Gasteiger partial charge in [-0.05, 0) is 78.2 Å². The number of nitrogens with two attached hydrogens (primary N) is 1. The number of ether oxygens (including phenoxy) is 1. The lowest BCUT2D eigenvalue weighted by atomic mass is 9.58. The fourth-order valence-corrected chi connectivity index (χ4v) is 9.80. The fourth-order valence-electron chi connectivity index (χ4n) is 9.80. The Labute approximate surface area is 229 Å². The van der Waals surface area contributed by atoms with Crippen LogP contribution in [0, 0.1) is 11.3 Å². The van der Waals surface area contributed by atoms with Crippen LogP contribution in [0.15, 0.2) is 60.0 Å². The van der Waals surface area contributed by atoms with Gasteiger partial charge < -0.3 is 25.8 Å². The van der Waals surface area contributed by atoms with Crippen molar-refractivity contribution in [1.82, 2.24) is 9.88 Å². The molecule has 39 heavy (non-hydrogen) atoms. The molecule has 3 aliphatic heterocycles. The fraction of sp³-hybridized carbons (Fsp3) is 0.594. The molecule has 2 unspecified atom stereocenters. The summed E-state index contributed by atoms with van der Waals surface area (Å²) < 4.78 is 7.31. The van der Waals surface area contributed by atoms with Crippen molar-refractivity contribution >= 4 is 10.8 Å². The van der Waals surface area contributed by atoms with Crippen molar-refractivity contribution in [1.29, 1.82) is 0 Å². The quantitative estimate of drug-likeness (QED) is 0.473. The summed E-state index contributed by atoms with van der Waals surface area (Å²) in [6.45, 7) is 3.93. The van der Waals surface area contributed by atoms with Crippen LogP contribution in [0.2, 0.25) is 0 Å². The van der Waals surface area contributed by atoms with Gasteiger partial charge in [0, 0.05) is 54.8 Å². The molecule has 206 valence electrons. The highest BCUT2D eigenvalue weighted by Crippen LogP contribution is 2.69. The van der Waals surface area contributed by atoms with Crippen LogP contribution in [0.4, 0.5) is 0 Å². The Balaban J connectivity index is 1.18. The van der Waals surface area contributed by atoms with E-state index in [0.29, 0.717) is 12.8 Å². The van der Waals surface area contributed by atoms with Gasteiger partial charge in [-0.15, -0.1) is 0 Å². The first kappa shape index (κ1) is 24.6. The number of likely N-dealkylation sites (tertiary alicyclic amines) is 1. The normalized spacial score (nSPS) is 46.9. The maximum atomic E-state index is 11.6. The summed E-state index contributed by atoms with van der Waals surface area (Å²) in [5.74, 6) is 0.164. The van der Waals surface area contributed by atoms with E-state index < -0.39 is 29.5 Å². The number of rotatable bonds is 2. The highest BCUT2D eigenvalue weighted by molar-refractivity contribution is 5.82. The van der Waals surface area contributed by atoms with Gasteiger partial charge >= 0.3 is 0 Å². The zero-order valence-electron chi connectivity index (χ0n) is 22.5. The number of fused-ring (bicyclic) bond motifs is 2. The molecule has 6 aliphatic rings. The third-order valence-electron chi connectivity index (χ3n) is 11.6. The van der Waals surface area contributed by atoms with Crippen molar-refractivity contribution in [3.8, 4) is 0 Å². The SMILES string of the molecule is C[C@]12CC=C3C=C4[C@H](O)[C@H](O)[C@@H](N5CC[C@@H](N)C5)C[C@]45CCC3(O5)[C@@H]1C[C@@H](O)C2c1ccc2ccncc2c1. The minimum Gasteiger partial charge on any atom is -0.392 e. The summed E-state index contributed by atoms with van der Waals surface area (Å²) in [5.41, 5.74) is 8.15. The molecular weight excluding hydrogens is 490 g/mol. The molecule has 0 radical (unpaired) electrons. The van der Waals surface area contributed by atoms with Crippen LogP contribution in [0.1, 0.15) is 56.9 Å². The minimum atomic E-state index is -0.945. The number of hydrogen-bond acceptors (Lipinski definition) is 7. The highest BCUT2D eigenvalue weighted by atomic mass is 16.5. The van der Waals surface area contributed by atoms with Crippen molar-refractivity contribution < 1.29 is 20.1 Å². The molecule has 2 bridgehead atoms. The van der Waals surface area contributed by atoms with E-state index in [1.54, 1.807) is 0 Å². The molecule has 10 atom stereocenters. The smallest absolute Gasteiger partial charge is 0.105 e. The molecule has 0 amide bonds. The first-order chi connectivity index (χ1) is 18.7. The van der Waals surface area contributed by atoms with Gasteiger partial charge in [0.25, 0.3) is 0 Å². The van der Waals surface area contributed by atoms with Crippen LogP contribution < -0.4 is 5.73 Å². The van der Waals surface area contributed by atoms with Gasteiger partial charge in [0.05, 0.1) is 23.4 Å². The van der Waals surface area contributed by atoms with E-state index in [1.807, 2.05) is 18.5 Å². The Morgan fingerprint density at radius 2 is 2.00 bits per heavy atom. The lowest BCUT2D eigenvalue weighted by Gasteiger charge is -2.56. The summed E-state index contributed by atoms with van der Waals surface area (Å²) in [4.78, 5) is 6.59. The third kappa shape index (κ3) is 3.23. The predicted molar refractivity (Wildman–Crippen MR) is 148 cm³/mol. The van der Waals surface area contributed by atoms with Gasteiger partial charge in [0.2, 0.25) is 0 Å². The Morgan fingerprint density at radius 3 is 2.82 bits per heavy atom. The van der Waals surface area contributed by atoms with E-state index in [4.69, 9.17) is 10.5 Å². The predicted octanol–water partition coefficient (Wildman–Crippen LogP) is 2.79. The number of hydrogen-bond donors (Lipinski definition) is 4. The molecule has 2 saturated heterocycles. The van der Waals surface area contributed by atoms with Crippen molar-refractivity contribution in [3.05, 3.63) is 65.5 Å². The number of aliphatic hydroxyl groups is 3. The highest BCUT2D eigenvalue weighted by Gasteiger charge is 2.69. The number of nitrogens with zero attached hydrogens (tertiary/aromatic N) is 2. The summed E-state index contributed by atoms with van der Waals surface area (Å²) >= 11 is 0. The third-order valence-corrected chi connectivity index (χ3v) is 11.6. The lowest BCUT2D eigenvalue weighted by molar-refractivity contribution is -0.167. The first-order valence-electron chi connectivity index (χ1n) is 14.7. The summed E-state index contributed by atoms with van der Waals surface area (Å²) in [6.07, 6.45) is 10.8. The van der Waals surface area contributed by atoms with Crippen LogP contribution in [0.3, 0.4) is 0 Å². The van der Waals surface area contributed by atoms with Gasteiger partial charge in [-0.25, -0.2) is 0 Å². The molecule has 7 heteroatoms. The molecule has 1 aromatic heterocycles. The monoisotopic (exact) mass is 529 g/mol. The van der Waals surface area contributed by atoms with Crippen LogP contribution in [-0.2, 0) is 4.74 Å². The van der Waals surface area contributed by atoms with E-state index in [9.17, 15) is 15.3 Å². The Hall–Kier alpha value is -2.13. The second kappa shape index (κ2) is 8.21. The topological polar surface area (TPSA) is 112 Å². The molecule has 2 saturated carbocycles. The van der Waals surface area contributed by atoms with Crippen LogP contribution >= 0.6 is 0 Å². The van der Waals surface area contributed by atoms with Gasteiger partial charge in [-0.1, -0.05) is 31.2 Å². The number of benzene rings is 1. The largest absolute Gasteiger partial charge is 0.392 e. The number of aliphatic hydroxyl groups excluding tert-OH is 3. The second-order valence-electron chi connectivity index (χ2n) is 13.5. The van der Waals surface area contributed by atoms with Crippen LogP contribution in [0.25, 0.3) is 10.8 Å². The zero-order chi connectivity index (χ0) is 26.7. The molecule has 4 fully saturated rings. The Bertz CT molecular complexity index is 1410. The molecule has 2 spiro atoms. The van der Waals surface area contributed by atoms with E-state index >= 15 is 0 Å². The van der Waals surface area contributed by atoms with Gasteiger partial charge in [-0.2, -0.15) is 0 Å². The van der Waals surface area contributed by atoms with E-state index in [2.05, 4.69) is 47.2 Å². The van der Waals surface area contributed by atoms with E-state index in [-0.39, 0.29) is 29.3 Å².